The van der Waals surface area contributed by atoms with Crippen LogP contribution in [0.4, 0.5) is 14.4 Å². The Morgan fingerprint density at radius 3 is 1.84 bits per heavy atom. The van der Waals surface area contributed by atoms with E-state index in [0.29, 0.717) is 30.2 Å². The van der Waals surface area contributed by atoms with E-state index in [9.17, 15) is 19.2 Å². The fourth-order valence-corrected chi connectivity index (χ4v) is 3.63. The molecule has 0 aliphatic heterocycles. The quantitative estimate of drug-likeness (QED) is 0.114. The molecule has 0 aliphatic carbocycles. The molecule has 0 radical (unpaired) electrons. The van der Waals surface area contributed by atoms with Crippen molar-refractivity contribution in [1.82, 2.24) is 5.32 Å². The van der Waals surface area contributed by atoms with Crippen molar-refractivity contribution in [2.45, 2.75) is 98.8 Å². The maximum Gasteiger partial charge on any atom is 0.513 e. The number of nitrogens with one attached hydrogen (secondary N) is 1. The van der Waals surface area contributed by atoms with Crippen molar-refractivity contribution in [2.24, 2.45) is 11.8 Å². The predicted octanol–water partition coefficient (Wildman–Crippen LogP) is 6.21. The van der Waals surface area contributed by atoms with Crippen molar-refractivity contribution in [1.29, 1.82) is 0 Å². The van der Waals surface area contributed by atoms with Crippen LogP contribution in [0.3, 0.4) is 0 Å². The summed E-state index contributed by atoms with van der Waals surface area (Å²) < 4.78 is 36.4. The standard InChI is InChI=1S/C31H49NO11/c1-9-10-22(6)40-31(36)41-23(7)19-32-25(28(33)37-8)17-24-11-12-26(42-29(34)38-15-13-20(2)3)27(18-24)43-30(35)39-16-14-21(4)5/h11-12,18,20-23,25,32H,9-10,13-17,19H2,1-8H3/t22?,23?,25-/m0/s1. The molecule has 1 rings (SSSR count). The molecule has 244 valence electrons. The summed E-state index contributed by atoms with van der Waals surface area (Å²) in [5.74, 6) is -0.0461. The van der Waals surface area contributed by atoms with Gasteiger partial charge in [-0.05, 0) is 69.1 Å². The number of hydrogen-bond acceptors (Lipinski definition) is 12. The van der Waals surface area contributed by atoms with Gasteiger partial charge in [0, 0.05) is 6.54 Å². The lowest BCUT2D eigenvalue weighted by Gasteiger charge is -2.21. The van der Waals surface area contributed by atoms with Crippen LogP contribution in [-0.2, 0) is 34.9 Å². The predicted molar refractivity (Wildman–Crippen MR) is 158 cm³/mol. The lowest BCUT2D eigenvalue weighted by molar-refractivity contribution is -0.143. The fraction of sp³-hybridized carbons (Fsp3) is 0.677. The lowest BCUT2D eigenvalue weighted by atomic mass is 10.0. The largest absolute Gasteiger partial charge is 0.513 e. The first-order valence-electron chi connectivity index (χ1n) is 14.8. The van der Waals surface area contributed by atoms with E-state index < -0.39 is 36.6 Å². The van der Waals surface area contributed by atoms with Gasteiger partial charge in [-0.1, -0.05) is 47.1 Å². The summed E-state index contributed by atoms with van der Waals surface area (Å²) >= 11 is 0. The van der Waals surface area contributed by atoms with Gasteiger partial charge in [0.1, 0.15) is 18.2 Å². The van der Waals surface area contributed by atoms with Gasteiger partial charge in [-0.25, -0.2) is 14.4 Å². The Morgan fingerprint density at radius 2 is 1.30 bits per heavy atom. The highest BCUT2D eigenvalue weighted by Gasteiger charge is 2.24. The molecule has 0 saturated heterocycles. The highest BCUT2D eigenvalue weighted by atomic mass is 16.7. The van der Waals surface area contributed by atoms with Crippen molar-refractivity contribution in [3.05, 3.63) is 23.8 Å². The van der Waals surface area contributed by atoms with Crippen molar-refractivity contribution in [3.8, 4) is 11.5 Å². The zero-order valence-corrected chi connectivity index (χ0v) is 26.8. The highest BCUT2D eigenvalue weighted by Crippen LogP contribution is 2.30. The van der Waals surface area contributed by atoms with Crippen LogP contribution in [0.2, 0.25) is 0 Å². The van der Waals surface area contributed by atoms with Gasteiger partial charge in [0.2, 0.25) is 0 Å². The van der Waals surface area contributed by atoms with Crippen molar-refractivity contribution >= 4 is 24.4 Å². The molecule has 0 amide bonds. The van der Waals surface area contributed by atoms with E-state index in [4.69, 9.17) is 33.2 Å². The average Bonchev–Trinajstić information content (AvgIpc) is 2.91. The second kappa shape index (κ2) is 20.4. The van der Waals surface area contributed by atoms with Gasteiger partial charge < -0.3 is 38.5 Å². The second-order valence-electron chi connectivity index (χ2n) is 11.1. The van der Waals surface area contributed by atoms with Crippen LogP contribution in [0.25, 0.3) is 0 Å². The summed E-state index contributed by atoms with van der Waals surface area (Å²) in [6.07, 6.45) is -0.578. The Kier molecular flexibility index (Phi) is 17.8. The number of rotatable bonds is 18. The average molecular weight is 612 g/mol. The van der Waals surface area contributed by atoms with Gasteiger partial charge >= 0.3 is 24.4 Å². The summed E-state index contributed by atoms with van der Waals surface area (Å²) in [6, 6.07) is 3.66. The Hall–Kier alpha value is -3.54. The number of carbonyl (C=O) groups is 4. The van der Waals surface area contributed by atoms with E-state index in [-0.39, 0.29) is 43.8 Å². The Morgan fingerprint density at radius 1 is 0.744 bits per heavy atom. The van der Waals surface area contributed by atoms with Crippen molar-refractivity contribution in [2.75, 3.05) is 26.9 Å². The summed E-state index contributed by atoms with van der Waals surface area (Å²) in [6.45, 7) is 13.9. The number of ether oxygens (including phenoxy) is 7. The summed E-state index contributed by atoms with van der Waals surface area (Å²) in [5.41, 5.74) is 0.551. The lowest BCUT2D eigenvalue weighted by Crippen LogP contribution is -2.43. The van der Waals surface area contributed by atoms with E-state index in [0.717, 1.165) is 12.8 Å². The second-order valence-corrected chi connectivity index (χ2v) is 11.1. The Balaban J connectivity index is 3.00. The van der Waals surface area contributed by atoms with Gasteiger partial charge in [-0.3, -0.25) is 4.79 Å². The van der Waals surface area contributed by atoms with E-state index in [2.05, 4.69) is 5.32 Å². The molecule has 0 aliphatic rings. The molecule has 12 heteroatoms. The van der Waals surface area contributed by atoms with Gasteiger partial charge in [0.15, 0.2) is 11.5 Å². The molecule has 1 N–H and O–H groups in total. The van der Waals surface area contributed by atoms with E-state index in [1.54, 1.807) is 19.9 Å². The molecule has 12 nitrogen and oxygen atoms in total. The van der Waals surface area contributed by atoms with Crippen molar-refractivity contribution in [3.63, 3.8) is 0 Å². The summed E-state index contributed by atoms with van der Waals surface area (Å²) in [7, 11) is 1.26. The Bertz CT molecular complexity index is 1010. The fourth-order valence-electron chi connectivity index (χ4n) is 3.63. The third kappa shape index (κ3) is 16.6. The molecule has 2 unspecified atom stereocenters. The molecule has 0 bridgehead atoms. The number of hydrogen-bond donors (Lipinski definition) is 1. The van der Waals surface area contributed by atoms with E-state index >= 15 is 0 Å². The number of esters is 1. The van der Waals surface area contributed by atoms with E-state index in [1.807, 2.05) is 34.6 Å². The van der Waals surface area contributed by atoms with Crippen LogP contribution in [0, 0.1) is 11.8 Å². The first kappa shape index (κ1) is 37.5. The number of benzene rings is 1. The minimum Gasteiger partial charge on any atom is -0.468 e. The maximum absolute atomic E-state index is 12.6. The third-order valence-electron chi connectivity index (χ3n) is 6.09. The normalized spacial score (nSPS) is 13.1. The smallest absolute Gasteiger partial charge is 0.468 e. The molecule has 0 aromatic heterocycles. The van der Waals surface area contributed by atoms with Gasteiger partial charge in [0.25, 0.3) is 0 Å². The van der Waals surface area contributed by atoms with Crippen LogP contribution >= 0.6 is 0 Å². The van der Waals surface area contributed by atoms with Gasteiger partial charge in [0.05, 0.1) is 20.3 Å². The molecular weight excluding hydrogens is 562 g/mol. The molecule has 0 saturated carbocycles. The van der Waals surface area contributed by atoms with Crippen LogP contribution in [-0.4, -0.2) is 69.6 Å². The monoisotopic (exact) mass is 611 g/mol. The zero-order chi connectivity index (χ0) is 32.4. The zero-order valence-electron chi connectivity index (χ0n) is 26.8. The third-order valence-corrected chi connectivity index (χ3v) is 6.09. The van der Waals surface area contributed by atoms with Crippen LogP contribution in [0.1, 0.15) is 79.7 Å². The first-order valence-corrected chi connectivity index (χ1v) is 14.8. The minimum atomic E-state index is -0.968. The molecule has 0 heterocycles. The molecule has 1 aromatic rings. The van der Waals surface area contributed by atoms with Crippen LogP contribution in [0.5, 0.6) is 11.5 Å². The van der Waals surface area contributed by atoms with E-state index in [1.165, 1.54) is 19.2 Å². The number of carbonyl (C=O) groups excluding carboxylic acids is 4. The first-order chi connectivity index (χ1) is 20.3. The molecule has 0 fully saturated rings. The van der Waals surface area contributed by atoms with Gasteiger partial charge in [-0.15, -0.1) is 0 Å². The molecule has 43 heavy (non-hydrogen) atoms. The molecule has 0 spiro atoms. The highest BCUT2D eigenvalue weighted by molar-refractivity contribution is 5.76. The Labute approximate surface area is 255 Å². The van der Waals surface area contributed by atoms with Crippen molar-refractivity contribution < 1.29 is 52.3 Å². The maximum atomic E-state index is 12.6. The molecule has 1 aromatic carbocycles. The minimum absolute atomic E-state index is 0.0560. The van der Waals surface area contributed by atoms with Crippen LogP contribution in [0.15, 0.2) is 18.2 Å². The van der Waals surface area contributed by atoms with Crippen LogP contribution < -0.4 is 14.8 Å². The SMILES string of the molecule is CCCC(C)OC(=O)OC(C)CN[C@@H](Cc1ccc(OC(=O)OCCC(C)C)c(OC(=O)OCCC(C)C)c1)C(=O)OC. The molecular formula is C31H49NO11. The van der Waals surface area contributed by atoms with Gasteiger partial charge in [-0.2, -0.15) is 0 Å². The summed E-state index contributed by atoms with van der Waals surface area (Å²) in [4.78, 5) is 49.2. The topological polar surface area (TPSA) is 145 Å². The number of methoxy groups -OCH3 is 1. The summed E-state index contributed by atoms with van der Waals surface area (Å²) in [5, 5.41) is 3.04. The molecule has 3 atom stereocenters.